The van der Waals surface area contributed by atoms with E-state index in [-0.39, 0.29) is 0 Å². The van der Waals surface area contributed by atoms with Crippen molar-refractivity contribution < 1.29 is 0 Å². The highest BCUT2D eigenvalue weighted by Gasteiger charge is 2.20. The molecule has 3 aromatic rings. The molecule has 0 bridgehead atoms. The maximum atomic E-state index is 4.60. The number of benzene rings is 1. The third kappa shape index (κ3) is 2.11. The molecule has 0 atom stereocenters. The highest BCUT2D eigenvalue weighted by Crippen LogP contribution is 2.33. The topological polar surface area (TPSA) is 43.6 Å². The second-order valence-electron chi connectivity index (χ2n) is 5.85. The molecule has 0 unspecified atom stereocenters. The molecule has 4 rings (SSSR count). The lowest BCUT2D eigenvalue weighted by Crippen LogP contribution is -2.04. The van der Waals surface area contributed by atoms with E-state index in [4.69, 9.17) is 0 Å². The smallest absolute Gasteiger partial charge is 0.164 e. The highest BCUT2D eigenvalue weighted by molar-refractivity contribution is 5.87. The van der Waals surface area contributed by atoms with Gasteiger partial charge in [0.15, 0.2) is 5.65 Å². The Balaban J connectivity index is 1.85. The van der Waals surface area contributed by atoms with Crippen LogP contribution in [0.15, 0.2) is 36.9 Å². The Morgan fingerprint density at radius 2 is 1.76 bits per heavy atom. The number of nitrogens with zero attached hydrogens (tertiary/aromatic N) is 4. The summed E-state index contributed by atoms with van der Waals surface area (Å²) in [6, 6.07) is 8.97. The second-order valence-corrected chi connectivity index (χ2v) is 5.85. The minimum atomic E-state index is 0.552. The van der Waals surface area contributed by atoms with Gasteiger partial charge in [-0.05, 0) is 19.8 Å². The molecule has 21 heavy (non-hydrogen) atoms. The van der Waals surface area contributed by atoms with Crippen molar-refractivity contribution in [1.29, 1.82) is 0 Å². The molecular weight excluding hydrogens is 260 g/mol. The van der Waals surface area contributed by atoms with Crippen molar-refractivity contribution in [2.75, 3.05) is 0 Å². The first-order chi connectivity index (χ1) is 10.3. The molecule has 1 aliphatic carbocycles. The molecule has 106 valence electrons. The van der Waals surface area contributed by atoms with Crippen LogP contribution < -0.4 is 0 Å². The first kappa shape index (κ1) is 12.5. The van der Waals surface area contributed by atoms with Crippen molar-refractivity contribution in [2.24, 2.45) is 0 Å². The van der Waals surface area contributed by atoms with Crippen molar-refractivity contribution >= 4 is 11.2 Å². The molecule has 0 radical (unpaired) electrons. The van der Waals surface area contributed by atoms with E-state index in [1.807, 2.05) is 6.33 Å². The number of hydrogen-bond donors (Lipinski definition) is 0. The van der Waals surface area contributed by atoms with Gasteiger partial charge in [0.2, 0.25) is 0 Å². The van der Waals surface area contributed by atoms with Gasteiger partial charge in [0.05, 0.1) is 6.33 Å². The molecule has 0 aliphatic heterocycles. The van der Waals surface area contributed by atoms with Gasteiger partial charge in [-0.15, -0.1) is 0 Å². The summed E-state index contributed by atoms with van der Waals surface area (Å²) in [7, 11) is 0. The number of imidazole rings is 1. The summed E-state index contributed by atoms with van der Waals surface area (Å²) in [5.74, 6) is 0. The molecule has 1 fully saturated rings. The minimum absolute atomic E-state index is 0.552. The third-order valence-electron chi connectivity index (χ3n) is 4.40. The summed E-state index contributed by atoms with van der Waals surface area (Å²) < 4.78 is 2.24. The normalized spacial score (nSPS) is 15.9. The Morgan fingerprint density at radius 3 is 2.52 bits per heavy atom. The van der Waals surface area contributed by atoms with Gasteiger partial charge in [0.1, 0.15) is 17.5 Å². The molecule has 1 aliphatic rings. The number of aromatic nitrogens is 4. The Bertz CT molecular complexity index is 767. The Kier molecular flexibility index (Phi) is 2.95. The van der Waals surface area contributed by atoms with Crippen LogP contribution in [-0.4, -0.2) is 19.5 Å². The molecule has 4 nitrogen and oxygen atoms in total. The fourth-order valence-corrected chi connectivity index (χ4v) is 3.22. The first-order valence-electron chi connectivity index (χ1n) is 7.57. The van der Waals surface area contributed by atoms with Crippen molar-refractivity contribution in [3.63, 3.8) is 0 Å². The van der Waals surface area contributed by atoms with Crippen LogP contribution in [0.4, 0.5) is 0 Å². The van der Waals surface area contributed by atoms with Crippen molar-refractivity contribution in [1.82, 2.24) is 19.5 Å². The van der Waals surface area contributed by atoms with Crippen LogP contribution in [0.2, 0.25) is 0 Å². The maximum absolute atomic E-state index is 4.60. The summed E-state index contributed by atoms with van der Waals surface area (Å²) in [6.07, 6.45) is 8.67. The second kappa shape index (κ2) is 4.95. The number of rotatable bonds is 2. The number of fused-ring (bicyclic) bond motifs is 1. The molecule has 0 N–H and O–H groups in total. The molecule has 0 amide bonds. The summed E-state index contributed by atoms with van der Waals surface area (Å²) in [6.45, 7) is 2.09. The van der Waals surface area contributed by atoms with Crippen LogP contribution in [-0.2, 0) is 0 Å². The first-order valence-corrected chi connectivity index (χ1v) is 7.57. The lowest BCUT2D eigenvalue weighted by Gasteiger charge is -2.11. The van der Waals surface area contributed by atoms with Crippen molar-refractivity contribution in [2.45, 2.75) is 38.6 Å². The zero-order valence-corrected chi connectivity index (χ0v) is 12.2. The van der Waals surface area contributed by atoms with E-state index in [0.29, 0.717) is 6.04 Å². The predicted octanol–water partition coefficient (Wildman–Crippen LogP) is 3.92. The van der Waals surface area contributed by atoms with Crippen molar-refractivity contribution in [3.8, 4) is 11.3 Å². The fraction of sp³-hybridized carbons (Fsp3) is 0.353. The molecule has 2 heterocycles. The minimum Gasteiger partial charge on any atom is -0.312 e. The van der Waals surface area contributed by atoms with E-state index in [1.54, 1.807) is 6.33 Å². The molecule has 0 spiro atoms. The average molecular weight is 278 g/mol. The highest BCUT2D eigenvalue weighted by atomic mass is 15.1. The van der Waals surface area contributed by atoms with E-state index in [0.717, 1.165) is 22.4 Å². The molecule has 1 aromatic carbocycles. The average Bonchev–Trinajstić information content (AvgIpc) is 3.16. The van der Waals surface area contributed by atoms with Crippen LogP contribution in [0.1, 0.15) is 37.3 Å². The fourth-order valence-electron chi connectivity index (χ4n) is 3.22. The summed E-state index contributed by atoms with van der Waals surface area (Å²) in [5.41, 5.74) is 5.16. The van der Waals surface area contributed by atoms with Crippen LogP contribution in [0.3, 0.4) is 0 Å². The molecule has 2 aromatic heterocycles. The molecule has 4 heteroatoms. The molecule has 1 saturated carbocycles. The van der Waals surface area contributed by atoms with Crippen LogP contribution >= 0.6 is 0 Å². The molecule has 0 saturated heterocycles. The van der Waals surface area contributed by atoms with E-state index < -0.39 is 0 Å². The van der Waals surface area contributed by atoms with Gasteiger partial charge in [0, 0.05) is 11.6 Å². The zero-order valence-electron chi connectivity index (χ0n) is 12.2. The van der Waals surface area contributed by atoms with Crippen LogP contribution in [0, 0.1) is 6.92 Å². The van der Waals surface area contributed by atoms with Gasteiger partial charge in [-0.2, -0.15) is 0 Å². The lowest BCUT2D eigenvalue weighted by molar-refractivity contribution is 0.529. The zero-order chi connectivity index (χ0) is 14.2. The van der Waals surface area contributed by atoms with Gasteiger partial charge in [0.25, 0.3) is 0 Å². The van der Waals surface area contributed by atoms with E-state index in [1.165, 1.54) is 31.2 Å². The van der Waals surface area contributed by atoms with E-state index in [2.05, 4.69) is 50.7 Å². The number of hydrogen-bond acceptors (Lipinski definition) is 3. The van der Waals surface area contributed by atoms with Crippen LogP contribution in [0.25, 0.3) is 22.4 Å². The predicted molar refractivity (Wildman–Crippen MR) is 83.0 cm³/mol. The Morgan fingerprint density at radius 1 is 1.00 bits per heavy atom. The monoisotopic (exact) mass is 278 g/mol. The van der Waals surface area contributed by atoms with E-state index >= 15 is 0 Å². The number of aryl methyl sites for hydroxylation is 1. The Hall–Kier alpha value is -2.23. The summed E-state index contributed by atoms with van der Waals surface area (Å²) >= 11 is 0. The maximum Gasteiger partial charge on any atom is 0.164 e. The quantitative estimate of drug-likeness (QED) is 0.713. The lowest BCUT2D eigenvalue weighted by atomic mass is 10.1. The largest absolute Gasteiger partial charge is 0.312 e. The van der Waals surface area contributed by atoms with Gasteiger partial charge < -0.3 is 4.57 Å². The van der Waals surface area contributed by atoms with Crippen LogP contribution in [0.5, 0.6) is 0 Å². The van der Waals surface area contributed by atoms with E-state index in [9.17, 15) is 0 Å². The summed E-state index contributed by atoms with van der Waals surface area (Å²) in [4.78, 5) is 13.5. The Labute approximate surface area is 123 Å². The van der Waals surface area contributed by atoms with Gasteiger partial charge in [-0.1, -0.05) is 42.7 Å². The summed E-state index contributed by atoms with van der Waals surface area (Å²) in [5, 5.41) is 0. The van der Waals surface area contributed by atoms with Gasteiger partial charge in [-0.3, -0.25) is 0 Å². The third-order valence-corrected chi connectivity index (χ3v) is 4.40. The standard InChI is InChI=1S/C17H18N4/c1-12-6-8-13(9-7-12)15-16-17(19-10-18-15)21(11-20-16)14-4-2-3-5-14/h6-11,14H,2-5H2,1H3. The van der Waals surface area contributed by atoms with Crippen molar-refractivity contribution in [3.05, 3.63) is 42.5 Å². The SMILES string of the molecule is Cc1ccc(-c2ncnc3c2ncn3C2CCCC2)cc1. The molecular formula is C17H18N4. The van der Waals surface area contributed by atoms with Gasteiger partial charge >= 0.3 is 0 Å². The van der Waals surface area contributed by atoms with Gasteiger partial charge in [-0.25, -0.2) is 15.0 Å².